The van der Waals surface area contributed by atoms with Crippen molar-refractivity contribution in [2.75, 3.05) is 27.2 Å². The maximum Gasteiger partial charge on any atom is 0.251 e. The van der Waals surface area contributed by atoms with Gasteiger partial charge in [-0.05, 0) is 50.0 Å². The highest BCUT2D eigenvalue weighted by Gasteiger charge is 2.18. The van der Waals surface area contributed by atoms with Gasteiger partial charge in [0.05, 0.1) is 23.6 Å². The Kier molecular flexibility index (Phi) is 5.73. The normalized spacial score (nSPS) is 11.4. The van der Waals surface area contributed by atoms with Crippen molar-refractivity contribution < 1.29 is 9.18 Å². The van der Waals surface area contributed by atoms with Crippen LogP contribution >= 0.6 is 0 Å². The molecule has 2 N–H and O–H groups in total. The van der Waals surface area contributed by atoms with E-state index in [2.05, 4.69) is 25.3 Å². The third kappa shape index (κ3) is 4.11. The Balaban J connectivity index is 1.62. The van der Waals surface area contributed by atoms with Gasteiger partial charge in [-0.15, -0.1) is 0 Å². The first-order valence-electron chi connectivity index (χ1n) is 10.9. The number of benzene rings is 1. The van der Waals surface area contributed by atoms with Crippen LogP contribution in [0.5, 0.6) is 0 Å². The molecule has 0 saturated heterocycles. The first kappa shape index (κ1) is 21.7. The molecule has 0 radical (unpaired) electrons. The van der Waals surface area contributed by atoms with Crippen molar-refractivity contribution in [2.24, 2.45) is 0 Å². The van der Waals surface area contributed by atoms with E-state index in [9.17, 15) is 4.79 Å². The zero-order valence-electron chi connectivity index (χ0n) is 18.8. The molecule has 1 aromatic carbocycles. The molecule has 1 amide bonds. The number of aromatic amines is 1. The molecule has 0 fully saturated rings. The smallest absolute Gasteiger partial charge is 0.251 e. The Hall–Kier alpha value is -4.17. The van der Waals surface area contributed by atoms with E-state index in [1.54, 1.807) is 42.9 Å². The summed E-state index contributed by atoms with van der Waals surface area (Å²) in [6, 6.07) is 12.7. The number of amides is 1. The van der Waals surface area contributed by atoms with Crippen molar-refractivity contribution in [3.05, 3.63) is 78.6 Å². The van der Waals surface area contributed by atoms with Gasteiger partial charge in [0.25, 0.3) is 5.91 Å². The molecule has 0 atom stereocenters. The number of hydrogen-bond acceptors (Lipinski definition) is 5. The first-order valence-corrected chi connectivity index (χ1v) is 10.9. The molecule has 7 nitrogen and oxygen atoms in total. The number of halogens is 1. The SMILES string of the molecule is CN(C)CCNC(=O)c1cccc(-c2c(F)cnc3[nH]c4cnc(-c5cccnc5)cc4c23)c1. The molecule has 5 aromatic rings. The van der Waals surface area contributed by atoms with Crippen LogP contribution in [0.2, 0.25) is 0 Å². The van der Waals surface area contributed by atoms with E-state index in [0.717, 1.165) is 28.7 Å². The predicted molar refractivity (Wildman–Crippen MR) is 131 cm³/mol. The van der Waals surface area contributed by atoms with Crippen LogP contribution in [0.4, 0.5) is 4.39 Å². The number of fused-ring (bicyclic) bond motifs is 3. The second kappa shape index (κ2) is 8.99. The van der Waals surface area contributed by atoms with Gasteiger partial charge in [-0.1, -0.05) is 12.1 Å². The maximum absolute atomic E-state index is 15.3. The molecular weight excluding hydrogens is 431 g/mol. The average Bonchev–Trinajstić information content (AvgIpc) is 3.22. The minimum atomic E-state index is -0.460. The number of rotatable bonds is 6. The van der Waals surface area contributed by atoms with Crippen LogP contribution in [-0.4, -0.2) is 57.9 Å². The quantitative estimate of drug-likeness (QED) is 0.400. The Morgan fingerprint density at radius 2 is 1.91 bits per heavy atom. The van der Waals surface area contributed by atoms with E-state index in [1.165, 1.54) is 6.20 Å². The van der Waals surface area contributed by atoms with Crippen LogP contribution in [0.25, 0.3) is 44.3 Å². The Bertz CT molecular complexity index is 1500. The monoisotopic (exact) mass is 454 g/mol. The summed E-state index contributed by atoms with van der Waals surface area (Å²) in [6.07, 6.45) is 6.36. The lowest BCUT2D eigenvalue weighted by Gasteiger charge is -2.11. The molecule has 0 aliphatic carbocycles. The molecule has 0 unspecified atom stereocenters. The van der Waals surface area contributed by atoms with Gasteiger partial charge >= 0.3 is 0 Å². The molecule has 4 heterocycles. The summed E-state index contributed by atoms with van der Waals surface area (Å²) in [5, 5.41) is 4.35. The summed E-state index contributed by atoms with van der Waals surface area (Å²) in [7, 11) is 3.89. The lowest BCUT2D eigenvalue weighted by molar-refractivity contribution is 0.0951. The highest BCUT2D eigenvalue weighted by atomic mass is 19.1. The number of carbonyl (C=O) groups is 1. The molecule has 0 saturated carbocycles. The topological polar surface area (TPSA) is 86.8 Å². The Morgan fingerprint density at radius 3 is 2.71 bits per heavy atom. The van der Waals surface area contributed by atoms with Crippen molar-refractivity contribution in [1.29, 1.82) is 0 Å². The summed E-state index contributed by atoms with van der Waals surface area (Å²) in [4.78, 5) is 30.8. The number of aromatic nitrogens is 4. The van der Waals surface area contributed by atoms with Gasteiger partial charge in [0, 0.05) is 52.9 Å². The molecule has 4 aromatic heterocycles. The standard InChI is InChI=1S/C26H23FN6O/c1-33(2)10-9-29-26(34)17-6-3-5-16(11-17)23-20(27)14-31-25-24(23)19-12-21(30-15-22(19)32-25)18-7-4-8-28-13-18/h3-8,11-15H,9-10H2,1-2H3,(H,29,34)(H,31,32). The molecule has 170 valence electrons. The number of H-pyrrole nitrogens is 1. The Morgan fingerprint density at radius 1 is 1.06 bits per heavy atom. The summed E-state index contributed by atoms with van der Waals surface area (Å²) in [6.45, 7) is 1.25. The van der Waals surface area contributed by atoms with Crippen molar-refractivity contribution in [2.45, 2.75) is 0 Å². The molecule has 5 rings (SSSR count). The van der Waals surface area contributed by atoms with Crippen molar-refractivity contribution in [1.82, 2.24) is 30.2 Å². The fraction of sp³-hybridized carbons (Fsp3) is 0.154. The first-order chi connectivity index (χ1) is 16.5. The van der Waals surface area contributed by atoms with E-state index in [0.29, 0.717) is 34.3 Å². The number of carbonyl (C=O) groups excluding carboxylic acids is 1. The molecule has 0 spiro atoms. The highest BCUT2D eigenvalue weighted by molar-refractivity contribution is 6.13. The summed E-state index contributed by atoms with van der Waals surface area (Å²) in [5.74, 6) is -0.658. The average molecular weight is 455 g/mol. The fourth-order valence-electron chi connectivity index (χ4n) is 4.00. The van der Waals surface area contributed by atoms with Crippen LogP contribution in [-0.2, 0) is 0 Å². The summed E-state index contributed by atoms with van der Waals surface area (Å²) >= 11 is 0. The van der Waals surface area contributed by atoms with Gasteiger partial charge in [0.15, 0.2) is 0 Å². The van der Waals surface area contributed by atoms with E-state index in [4.69, 9.17) is 0 Å². The number of pyridine rings is 3. The third-order valence-electron chi connectivity index (χ3n) is 5.67. The zero-order valence-corrected chi connectivity index (χ0v) is 18.8. The van der Waals surface area contributed by atoms with Crippen LogP contribution < -0.4 is 5.32 Å². The van der Waals surface area contributed by atoms with Gasteiger partial charge in [0.1, 0.15) is 11.5 Å². The van der Waals surface area contributed by atoms with Gasteiger partial charge in [-0.3, -0.25) is 14.8 Å². The summed E-state index contributed by atoms with van der Waals surface area (Å²) < 4.78 is 15.3. The molecule has 8 heteroatoms. The number of hydrogen-bond donors (Lipinski definition) is 2. The lowest BCUT2D eigenvalue weighted by atomic mass is 9.98. The van der Waals surface area contributed by atoms with Gasteiger partial charge in [0.2, 0.25) is 0 Å². The van der Waals surface area contributed by atoms with Crippen LogP contribution in [0.1, 0.15) is 10.4 Å². The maximum atomic E-state index is 15.3. The van der Waals surface area contributed by atoms with E-state index in [1.807, 2.05) is 37.2 Å². The third-order valence-corrected chi connectivity index (χ3v) is 5.67. The second-order valence-electron chi connectivity index (χ2n) is 8.33. The molecule has 0 bridgehead atoms. The fourth-order valence-corrected chi connectivity index (χ4v) is 4.00. The molecule has 0 aliphatic rings. The predicted octanol–water partition coefficient (Wildman–Crippen LogP) is 4.27. The lowest BCUT2D eigenvalue weighted by Crippen LogP contribution is -2.31. The van der Waals surface area contributed by atoms with Crippen LogP contribution in [0.3, 0.4) is 0 Å². The minimum Gasteiger partial charge on any atom is -0.351 e. The molecular formula is C26H23FN6O. The largest absolute Gasteiger partial charge is 0.351 e. The second-order valence-corrected chi connectivity index (χ2v) is 8.33. The van der Waals surface area contributed by atoms with Crippen molar-refractivity contribution >= 4 is 27.8 Å². The van der Waals surface area contributed by atoms with Crippen molar-refractivity contribution in [3.63, 3.8) is 0 Å². The molecule has 34 heavy (non-hydrogen) atoms. The van der Waals surface area contributed by atoms with Crippen LogP contribution in [0, 0.1) is 5.82 Å². The van der Waals surface area contributed by atoms with Crippen LogP contribution in [0.15, 0.2) is 67.3 Å². The zero-order chi connectivity index (χ0) is 23.7. The van der Waals surface area contributed by atoms with E-state index in [-0.39, 0.29) is 5.91 Å². The molecule has 0 aliphatic heterocycles. The number of nitrogens with zero attached hydrogens (tertiary/aromatic N) is 4. The van der Waals surface area contributed by atoms with E-state index < -0.39 is 5.82 Å². The van der Waals surface area contributed by atoms with E-state index >= 15 is 4.39 Å². The minimum absolute atomic E-state index is 0.198. The van der Waals surface area contributed by atoms with Gasteiger partial charge in [-0.2, -0.15) is 0 Å². The number of nitrogens with one attached hydrogen (secondary N) is 2. The van der Waals surface area contributed by atoms with Crippen molar-refractivity contribution in [3.8, 4) is 22.4 Å². The number of likely N-dealkylation sites (N-methyl/N-ethyl adjacent to an activating group) is 1. The highest BCUT2D eigenvalue weighted by Crippen LogP contribution is 2.36. The summed E-state index contributed by atoms with van der Waals surface area (Å²) in [5.41, 5.74) is 4.36. The van der Waals surface area contributed by atoms with Gasteiger partial charge in [-0.25, -0.2) is 9.37 Å². The van der Waals surface area contributed by atoms with Gasteiger partial charge < -0.3 is 15.2 Å². The Labute approximate surface area is 195 Å².